The summed E-state index contributed by atoms with van der Waals surface area (Å²) in [6.07, 6.45) is 6.41. The number of hydrogen-bond donors (Lipinski definition) is 0. The molecule has 0 atom stereocenters. The van der Waals surface area contributed by atoms with Crippen molar-refractivity contribution in [3.63, 3.8) is 0 Å². The average Bonchev–Trinajstić information content (AvgIpc) is 2.02. The molecule has 0 heterocycles. The first kappa shape index (κ1) is 13.7. The lowest BCUT2D eigenvalue weighted by Gasteiger charge is -2.06. The van der Waals surface area contributed by atoms with E-state index in [0.29, 0.717) is 6.10 Å². The lowest BCUT2D eigenvalue weighted by atomic mass is 10.0. The smallest absolute Gasteiger partial charge is 0.0653 e. The summed E-state index contributed by atoms with van der Waals surface area (Å²) in [6, 6.07) is 0. The third-order valence-electron chi connectivity index (χ3n) is 2.21. The Balaban J connectivity index is 3.47. The second kappa shape index (κ2) is 8.05. The van der Waals surface area contributed by atoms with Crippen molar-refractivity contribution in [2.75, 3.05) is 6.61 Å². The summed E-state index contributed by atoms with van der Waals surface area (Å²) in [4.78, 5) is 0. The van der Waals surface area contributed by atoms with Gasteiger partial charge in [0.05, 0.1) is 12.7 Å². The van der Waals surface area contributed by atoms with E-state index in [0.717, 1.165) is 12.5 Å². The molecule has 0 unspecified atom stereocenters. The van der Waals surface area contributed by atoms with E-state index in [1.54, 1.807) is 0 Å². The molecule has 0 amide bonds. The molecular formula is C13H26O. The minimum Gasteiger partial charge on any atom is -0.375 e. The predicted molar refractivity (Wildman–Crippen MR) is 63.5 cm³/mol. The maximum atomic E-state index is 5.46. The summed E-state index contributed by atoms with van der Waals surface area (Å²) < 4.78 is 5.46. The number of hydrogen-bond acceptors (Lipinski definition) is 1. The Morgan fingerprint density at radius 2 is 1.86 bits per heavy atom. The Kier molecular flexibility index (Phi) is 7.87. The van der Waals surface area contributed by atoms with Crippen LogP contribution in [0.25, 0.3) is 0 Å². The van der Waals surface area contributed by atoms with Crippen LogP contribution in [0.5, 0.6) is 0 Å². The van der Waals surface area contributed by atoms with Gasteiger partial charge in [0.25, 0.3) is 0 Å². The molecule has 0 rings (SSSR count). The van der Waals surface area contributed by atoms with Crippen molar-refractivity contribution in [3.8, 4) is 0 Å². The first-order valence-electron chi connectivity index (χ1n) is 5.79. The minimum absolute atomic E-state index is 0.342. The van der Waals surface area contributed by atoms with Crippen LogP contribution in [0, 0.1) is 5.92 Å². The van der Waals surface area contributed by atoms with Crippen LogP contribution in [0.4, 0.5) is 0 Å². The molecule has 84 valence electrons. The van der Waals surface area contributed by atoms with Crippen molar-refractivity contribution in [2.24, 2.45) is 5.92 Å². The molecule has 14 heavy (non-hydrogen) atoms. The first-order chi connectivity index (χ1) is 6.52. The van der Waals surface area contributed by atoms with E-state index < -0.39 is 0 Å². The molecule has 0 bridgehead atoms. The zero-order valence-corrected chi connectivity index (χ0v) is 10.5. The van der Waals surface area contributed by atoms with Gasteiger partial charge in [0, 0.05) is 0 Å². The highest BCUT2D eigenvalue weighted by atomic mass is 16.5. The van der Waals surface area contributed by atoms with Gasteiger partial charge in [-0.2, -0.15) is 0 Å². The van der Waals surface area contributed by atoms with Gasteiger partial charge < -0.3 is 4.74 Å². The molecule has 0 radical (unpaired) electrons. The van der Waals surface area contributed by atoms with Crippen LogP contribution >= 0.6 is 0 Å². The van der Waals surface area contributed by atoms with Crippen molar-refractivity contribution >= 4 is 0 Å². The first-order valence-corrected chi connectivity index (χ1v) is 5.79. The van der Waals surface area contributed by atoms with E-state index in [2.05, 4.69) is 40.7 Å². The molecule has 0 fully saturated rings. The van der Waals surface area contributed by atoms with Gasteiger partial charge in [-0.25, -0.2) is 0 Å². The van der Waals surface area contributed by atoms with Crippen molar-refractivity contribution in [2.45, 2.75) is 60.0 Å². The molecule has 0 aliphatic carbocycles. The van der Waals surface area contributed by atoms with Crippen LogP contribution in [0.15, 0.2) is 11.6 Å². The topological polar surface area (TPSA) is 9.23 Å². The summed E-state index contributed by atoms with van der Waals surface area (Å²) in [5.74, 6) is 0.828. The van der Waals surface area contributed by atoms with E-state index >= 15 is 0 Å². The lowest BCUT2D eigenvalue weighted by molar-refractivity contribution is 0.102. The van der Waals surface area contributed by atoms with E-state index in [9.17, 15) is 0 Å². The predicted octanol–water partition coefficient (Wildman–Crippen LogP) is 4.18. The molecule has 0 aromatic rings. The summed E-state index contributed by atoms with van der Waals surface area (Å²) in [5, 5.41) is 0. The van der Waals surface area contributed by atoms with Crippen LogP contribution in [0.1, 0.15) is 53.9 Å². The Hall–Kier alpha value is -0.300. The van der Waals surface area contributed by atoms with E-state index in [1.807, 2.05) is 0 Å². The Morgan fingerprint density at radius 1 is 1.21 bits per heavy atom. The maximum absolute atomic E-state index is 5.46. The fraction of sp³-hybridized carbons (Fsp3) is 0.846. The molecule has 0 aromatic carbocycles. The zero-order chi connectivity index (χ0) is 11.0. The van der Waals surface area contributed by atoms with Gasteiger partial charge >= 0.3 is 0 Å². The number of rotatable bonds is 7. The van der Waals surface area contributed by atoms with Gasteiger partial charge in [-0.05, 0) is 39.5 Å². The molecule has 0 saturated heterocycles. The maximum Gasteiger partial charge on any atom is 0.0653 e. The SMILES string of the molecule is C/C(=C\COC(C)C)CCCC(C)C. The molecular weight excluding hydrogens is 172 g/mol. The van der Waals surface area contributed by atoms with Gasteiger partial charge in [0.15, 0.2) is 0 Å². The van der Waals surface area contributed by atoms with Crippen LogP contribution in [0.2, 0.25) is 0 Å². The highest BCUT2D eigenvalue weighted by Gasteiger charge is 1.95. The van der Waals surface area contributed by atoms with Crippen molar-refractivity contribution in [1.82, 2.24) is 0 Å². The Morgan fingerprint density at radius 3 is 2.36 bits per heavy atom. The summed E-state index contributed by atoms with van der Waals surface area (Å²) in [6.45, 7) is 11.7. The summed E-state index contributed by atoms with van der Waals surface area (Å²) in [7, 11) is 0. The standard InChI is InChI=1S/C13H26O/c1-11(2)7-6-8-13(5)9-10-14-12(3)4/h9,11-12H,6-8,10H2,1-5H3/b13-9+. The van der Waals surface area contributed by atoms with Crippen LogP contribution in [-0.2, 0) is 4.74 Å². The second-order valence-corrected chi connectivity index (χ2v) is 4.72. The minimum atomic E-state index is 0.342. The Bertz CT molecular complexity index is 157. The molecule has 1 heteroatoms. The van der Waals surface area contributed by atoms with Gasteiger partial charge in [-0.15, -0.1) is 0 Å². The van der Waals surface area contributed by atoms with E-state index in [4.69, 9.17) is 4.74 Å². The molecule has 0 aromatic heterocycles. The third kappa shape index (κ3) is 9.79. The molecule has 0 N–H and O–H groups in total. The summed E-state index contributed by atoms with van der Waals surface area (Å²) >= 11 is 0. The fourth-order valence-electron chi connectivity index (χ4n) is 1.27. The molecule has 0 aliphatic heterocycles. The highest BCUT2D eigenvalue weighted by Crippen LogP contribution is 2.11. The monoisotopic (exact) mass is 198 g/mol. The molecule has 0 spiro atoms. The molecule has 0 saturated carbocycles. The second-order valence-electron chi connectivity index (χ2n) is 4.72. The van der Waals surface area contributed by atoms with E-state index in [-0.39, 0.29) is 0 Å². The third-order valence-corrected chi connectivity index (χ3v) is 2.21. The fourth-order valence-corrected chi connectivity index (χ4v) is 1.27. The summed E-state index contributed by atoms with van der Waals surface area (Å²) in [5.41, 5.74) is 1.46. The lowest BCUT2D eigenvalue weighted by Crippen LogP contribution is -2.02. The molecule has 1 nitrogen and oxygen atoms in total. The van der Waals surface area contributed by atoms with Gasteiger partial charge in [-0.3, -0.25) is 0 Å². The largest absolute Gasteiger partial charge is 0.375 e. The normalized spacial score (nSPS) is 12.9. The van der Waals surface area contributed by atoms with E-state index in [1.165, 1.54) is 24.8 Å². The van der Waals surface area contributed by atoms with Crippen molar-refractivity contribution < 1.29 is 4.74 Å². The van der Waals surface area contributed by atoms with Gasteiger partial charge in [0.1, 0.15) is 0 Å². The number of allylic oxidation sites excluding steroid dienone is 1. The highest BCUT2D eigenvalue weighted by molar-refractivity contribution is 4.97. The Labute approximate surface area is 89.5 Å². The van der Waals surface area contributed by atoms with Crippen molar-refractivity contribution in [1.29, 1.82) is 0 Å². The van der Waals surface area contributed by atoms with Crippen LogP contribution < -0.4 is 0 Å². The zero-order valence-electron chi connectivity index (χ0n) is 10.5. The molecule has 0 aliphatic rings. The van der Waals surface area contributed by atoms with Crippen LogP contribution in [-0.4, -0.2) is 12.7 Å². The van der Waals surface area contributed by atoms with Gasteiger partial charge in [0.2, 0.25) is 0 Å². The van der Waals surface area contributed by atoms with Crippen LogP contribution in [0.3, 0.4) is 0 Å². The average molecular weight is 198 g/mol. The van der Waals surface area contributed by atoms with Crippen molar-refractivity contribution in [3.05, 3.63) is 11.6 Å². The van der Waals surface area contributed by atoms with Gasteiger partial charge in [-0.1, -0.05) is 31.9 Å². The number of ether oxygens (including phenoxy) is 1. The quantitative estimate of drug-likeness (QED) is 0.557.